The molecule has 0 saturated heterocycles. The Morgan fingerprint density at radius 3 is 2.50 bits per heavy atom. The Labute approximate surface area is 77.2 Å². The van der Waals surface area contributed by atoms with Crippen molar-refractivity contribution >= 4 is 11.3 Å². The molecule has 2 rings (SSSR count). The lowest BCUT2D eigenvalue weighted by Crippen LogP contribution is -1.89. The maximum Gasteiger partial charge on any atom is 0.0624 e. The second-order valence-corrected chi connectivity index (χ2v) is 3.90. The summed E-state index contributed by atoms with van der Waals surface area (Å²) in [6.45, 7) is 0. The minimum Gasteiger partial charge on any atom is -0.392 e. The smallest absolute Gasteiger partial charge is 0.0624 e. The van der Waals surface area contributed by atoms with Crippen LogP contribution in [-0.2, 0) is 0 Å². The summed E-state index contributed by atoms with van der Waals surface area (Å²) in [5.41, 5.74) is 0. The summed E-state index contributed by atoms with van der Waals surface area (Å²) in [4.78, 5) is 1.34. The van der Waals surface area contributed by atoms with Crippen molar-refractivity contribution in [1.82, 2.24) is 5.32 Å². The normalized spacial score (nSPS) is 25.9. The minimum atomic E-state index is -0.0383. The van der Waals surface area contributed by atoms with Gasteiger partial charge in [0.15, 0.2) is 0 Å². The lowest BCUT2D eigenvalue weighted by molar-refractivity contribution is 0.272. The Balaban J connectivity index is 0.000000213. The molecular formula is C9H15NOS. The average molecular weight is 185 g/mol. The molecule has 0 aliphatic heterocycles. The molecule has 1 aromatic rings. The third kappa shape index (κ3) is 2.59. The van der Waals surface area contributed by atoms with Crippen LogP contribution in [0.4, 0.5) is 0 Å². The molecule has 0 bridgehead atoms. The number of aliphatic hydroxyl groups is 1. The number of nitrogens with one attached hydrogen (secondary N) is 1. The zero-order valence-electron chi connectivity index (χ0n) is 7.45. The number of rotatable bonds is 1. The Morgan fingerprint density at radius 2 is 2.17 bits per heavy atom. The lowest BCUT2D eigenvalue weighted by atomic mass is 10.3. The van der Waals surface area contributed by atoms with Crippen LogP contribution < -0.4 is 5.32 Å². The second-order valence-electron chi connectivity index (χ2n) is 2.92. The van der Waals surface area contributed by atoms with Crippen LogP contribution in [0.15, 0.2) is 17.5 Å². The van der Waals surface area contributed by atoms with Crippen molar-refractivity contribution in [3.05, 3.63) is 22.4 Å². The van der Waals surface area contributed by atoms with E-state index < -0.39 is 0 Å². The highest BCUT2D eigenvalue weighted by Crippen LogP contribution is 2.42. The SMILES string of the molecule is CNC.OC1CC1c1cccs1. The average Bonchev–Trinajstić information content (AvgIpc) is 2.58. The van der Waals surface area contributed by atoms with Gasteiger partial charge in [0.25, 0.3) is 0 Å². The zero-order chi connectivity index (χ0) is 8.97. The predicted molar refractivity (Wildman–Crippen MR) is 52.7 cm³/mol. The molecule has 2 unspecified atom stereocenters. The summed E-state index contributed by atoms with van der Waals surface area (Å²) in [6, 6.07) is 4.12. The molecule has 0 spiro atoms. The van der Waals surface area contributed by atoms with E-state index in [4.69, 9.17) is 5.11 Å². The van der Waals surface area contributed by atoms with Gasteiger partial charge in [-0.25, -0.2) is 0 Å². The standard InChI is InChI=1S/C7H8OS.C2H7N/c8-6-4-5(6)7-2-1-3-9-7;1-3-2/h1-3,5-6,8H,4H2;3H,1-2H3. The van der Waals surface area contributed by atoms with Crippen LogP contribution in [0.3, 0.4) is 0 Å². The van der Waals surface area contributed by atoms with E-state index in [0.717, 1.165) is 6.42 Å². The van der Waals surface area contributed by atoms with E-state index in [1.165, 1.54) is 4.88 Å². The van der Waals surface area contributed by atoms with Gasteiger partial charge in [0.1, 0.15) is 0 Å². The topological polar surface area (TPSA) is 32.3 Å². The highest BCUT2D eigenvalue weighted by Gasteiger charge is 2.36. The van der Waals surface area contributed by atoms with Crippen LogP contribution in [0, 0.1) is 0 Å². The van der Waals surface area contributed by atoms with Crippen LogP contribution in [0.25, 0.3) is 0 Å². The first-order chi connectivity index (χ1) is 5.79. The summed E-state index contributed by atoms with van der Waals surface area (Å²) in [7, 11) is 3.75. The first-order valence-electron chi connectivity index (χ1n) is 4.09. The molecule has 12 heavy (non-hydrogen) atoms. The molecule has 1 fully saturated rings. The van der Waals surface area contributed by atoms with Crippen molar-refractivity contribution in [3.63, 3.8) is 0 Å². The number of thiophene rings is 1. The van der Waals surface area contributed by atoms with Gasteiger partial charge >= 0.3 is 0 Å². The Kier molecular flexibility index (Phi) is 3.72. The predicted octanol–water partition coefficient (Wildman–Crippen LogP) is 1.43. The van der Waals surface area contributed by atoms with Gasteiger partial charge in [-0.3, -0.25) is 0 Å². The van der Waals surface area contributed by atoms with Crippen molar-refractivity contribution in [2.24, 2.45) is 0 Å². The van der Waals surface area contributed by atoms with Gasteiger partial charge in [0, 0.05) is 10.8 Å². The maximum atomic E-state index is 9.00. The van der Waals surface area contributed by atoms with Gasteiger partial charge < -0.3 is 10.4 Å². The van der Waals surface area contributed by atoms with Crippen LogP contribution >= 0.6 is 11.3 Å². The van der Waals surface area contributed by atoms with Crippen LogP contribution in [0.1, 0.15) is 17.2 Å². The summed E-state index contributed by atoms with van der Waals surface area (Å²) < 4.78 is 0. The third-order valence-corrected chi connectivity index (χ3v) is 2.67. The molecule has 1 heterocycles. The highest BCUT2D eigenvalue weighted by atomic mass is 32.1. The number of hydrogen-bond donors (Lipinski definition) is 2. The number of hydrogen-bond acceptors (Lipinski definition) is 3. The van der Waals surface area contributed by atoms with Gasteiger partial charge in [-0.05, 0) is 32.0 Å². The molecule has 0 aromatic carbocycles. The van der Waals surface area contributed by atoms with E-state index in [1.807, 2.05) is 20.2 Å². The summed E-state index contributed by atoms with van der Waals surface area (Å²) in [5, 5.41) is 13.8. The molecule has 1 aromatic heterocycles. The fourth-order valence-corrected chi connectivity index (χ4v) is 1.89. The Bertz CT molecular complexity index is 210. The van der Waals surface area contributed by atoms with Gasteiger partial charge in [-0.2, -0.15) is 0 Å². The van der Waals surface area contributed by atoms with E-state index in [2.05, 4.69) is 16.8 Å². The molecule has 1 aliphatic rings. The first-order valence-corrected chi connectivity index (χ1v) is 4.97. The van der Waals surface area contributed by atoms with Crippen molar-refractivity contribution in [1.29, 1.82) is 0 Å². The Hall–Kier alpha value is -0.380. The fraction of sp³-hybridized carbons (Fsp3) is 0.556. The molecular weight excluding hydrogens is 170 g/mol. The number of aliphatic hydroxyl groups excluding tert-OH is 1. The minimum absolute atomic E-state index is 0.0383. The van der Waals surface area contributed by atoms with Gasteiger partial charge in [0.2, 0.25) is 0 Å². The van der Waals surface area contributed by atoms with E-state index in [9.17, 15) is 0 Å². The van der Waals surface area contributed by atoms with Crippen LogP contribution in [0.5, 0.6) is 0 Å². The summed E-state index contributed by atoms with van der Waals surface area (Å²) in [6.07, 6.45) is 0.934. The zero-order valence-corrected chi connectivity index (χ0v) is 8.27. The summed E-state index contributed by atoms with van der Waals surface area (Å²) >= 11 is 1.74. The molecule has 1 aliphatic carbocycles. The van der Waals surface area contributed by atoms with Crippen molar-refractivity contribution in [2.75, 3.05) is 14.1 Å². The maximum absolute atomic E-state index is 9.00. The van der Waals surface area contributed by atoms with Crippen LogP contribution in [-0.4, -0.2) is 25.3 Å². The lowest BCUT2D eigenvalue weighted by Gasteiger charge is -1.85. The molecule has 3 heteroatoms. The fourth-order valence-electron chi connectivity index (χ4n) is 0.990. The molecule has 2 N–H and O–H groups in total. The highest BCUT2D eigenvalue weighted by molar-refractivity contribution is 7.10. The van der Waals surface area contributed by atoms with Crippen molar-refractivity contribution in [2.45, 2.75) is 18.4 Å². The van der Waals surface area contributed by atoms with Crippen molar-refractivity contribution < 1.29 is 5.11 Å². The van der Waals surface area contributed by atoms with E-state index >= 15 is 0 Å². The monoisotopic (exact) mass is 185 g/mol. The molecule has 2 atom stereocenters. The van der Waals surface area contributed by atoms with Gasteiger partial charge in [-0.15, -0.1) is 11.3 Å². The quantitative estimate of drug-likeness (QED) is 0.693. The molecule has 0 amide bonds. The van der Waals surface area contributed by atoms with E-state index in [-0.39, 0.29) is 6.10 Å². The third-order valence-electron chi connectivity index (χ3n) is 1.67. The Morgan fingerprint density at radius 1 is 1.58 bits per heavy atom. The molecule has 1 saturated carbocycles. The first kappa shape index (κ1) is 9.71. The van der Waals surface area contributed by atoms with Gasteiger partial charge in [-0.1, -0.05) is 6.07 Å². The largest absolute Gasteiger partial charge is 0.392 e. The van der Waals surface area contributed by atoms with Crippen molar-refractivity contribution in [3.8, 4) is 0 Å². The second kappa shape index (κ2) is 4.60. The van der Waals surface area contributed by atoms with E-state index in [1.54, 1.807) is 11.3 Å². The van der Waals surface area contributed by atoms with Gasteiger partial charge in [0.05, 0.1) is 6.10 Å². The summed E-state index contributed by atoms with van der Waals surface area (Å²) in [5.74, 6) is 0.477. The molecule has 2 nitrogen and oxygen atoms in total. The molecule has 0 radical (unpaired) electrons. The van der Waals surface area contributed by atoms with E-state index in [0.29, 0.717) is 5.92 Å². The van der Waals surface area contributed by atoms with Crippen LogP contribution in [0.2, 0.25) is 0 Å². The molecule has 68 valence electrons.